The van der Waals surface area contributed by atoms with Gasteiger partial charge in [0, 0.05) is 17.0 Å². The van der Waals surface area contributed by atoms with Crippen LogP contribution in [0, 0.1) is 6.92 Å². The van der Waals surface area contributed by atoms with E-state index in [0.717, 1.165) is 33.2 Å². The number of aryl methyl sites for hydroxylation is 1. The van der Waals surface area contributed by atoms with E-state index < -0.39 is 0 Å². The van der Waals surface area contributed by atoms with Crippen molar-refractivity contribution in [2.75, 3.05) is 14.2 Å². The number of rotatable bonds is 3. The van der Waals surface area contributed by atoms with Crippen LogP contribution < -0.4 is 9.47 Å². The Morgan fingerprint density at radius 3 is 2.38 bits per heavy atom. The number of pyridine rings is 1. The topological polar surface area (TPSA) is 49.2 Å². The van der Waals surface area contributed by atoms with Crippen molar-refractivity contribution in [1.29, 1.82) is 0 Å². The summed E-state index contributed by atoms with van der Waals surface area (Å²) in [6.45, 7) is 2.00. The third kappa shape index (κ3) is 2.09. The van der Waals surface area contributed by atoms with E-state index in [2.05, 4.69) is 4.98 Å². The molecule has 120 valence electrons. The Hall–Kier alpha value is -3.08. The molecular weight excluding hydrogens is 302 g/mol. The Bertz CT molecular complexity index is 1040. The Morgan fingerprint density at radius 2 is 1.67 bits per heavy atom. The number of para-hydroxylation sites is 1. The lowest BCUT2D eigenvalue weighted by atomic mass is 10.1. The normalized spacial score (nSPS) is 11.1. The zero-order valence-corrected chi connectivity index (χ0v) is 13.8. The molecule has 0 aliphatic carbocycles. The van der Waals surface area contributed by atoms with Crippen molar-refractivity contribution in [3.8, 4) is 17.2 Å². The molecule has 2 aromatic carbocycles. The highest BCUT2D eigenvalue weighted by molar-refractivity contribution is 6.07. The standard InChI is InChI=1S/C19H17N3O2/c1-12-18-15-10-17(24-3)16(23-2)9-13(15)11-20-19(18)22(21-12)14-7-5-4-6-8-14/h4-11H,1-3H3. The monoisotopic (exact) mass is 319 g/mol. The molecule has 0 aliphatic rings. The molecule has 4 rings (SSSR count). The number of hydrogen-bond donors (Lipinski definition) is 0. The SMILES string of the molecule is COc1cc2cnc3c(c(C)nn3-c3ccccc3)c2cc1OC. The molecule has 2 aromatic heterocycles. The molecule has 0 bridgehead atoms. The first kappa shape index (κ1) is 14.5. The summed E-state index contributed by atoms with van der Waals surface area (Å²) >= 11 is 0. The summed E-state index contributed by atoms with van der Waals surface area (Å²) in [6.07, 6.45) is 1.85. The summed E-state index contributed by atoms with van der Waals surface area (Å²) in [4.78, 5) is 4.64. The summed E-state index contributed by atoms with van der Waals surface area (Å²) in [5.74, 6) is 1.39. The first-order valence-electron chi connectivity index (χ1n) is 7.68. The fraction of sp³-hybridized carbons (Fsp3) is 0.158. The van der Waals surface area contributed by atoms with Crippen LogP contribution >= 0.6 is 0 Å². The number of ether oxygens (including phenoxy) is 2. The van der Waals surface area contributed by atoms with Crippen LogP contribution in [0.25, 0.3) is 27.5 Å². The van der Waals surface area contributed by atoms with Crippen molar-refractivity contribution in [3.63, 3.8) is 0 Å². The maximum absolute atomic E-state index is 5.45. The second-order valence-electron chi connectivity index (χ2n) is 5.58. The summed E-state index contributed by atoms with van der Waals surface area (Å²) in [5, 5.41) is 7.76. The average Bonchev–Trinajstić information content (AvgIpc) is 2.98. The van der Waals surface area contributed by atoms with Gasteiger partial charge < -0.3 is 9.47 Å². The van der Waals surface area contributed by atoms with Crippen LogP contribution in [0.1, 0.15) is 5.69 Å². The van der Waals surface area contributed by atoms with Gasteiger partial charge in [-0.1, -0.05) is 18.2 Å². The predicted octanol–water partition coefficient (Wildman–Crippen LogP) is 3.90. The van der Waals surface area contributed by atoms with Gasteiger partial charge in [-0.05, 0) is 31.2 Å². The van der Waals surface area contributed by atoms with Crippen LogP contribution in [0.5, 0.6) is 11.5 Å². The zero-order valence-electron chi connectivity index (χ0n) is 13.8. The van der Waals surface area contributed by atoms with E-state index in [1.807, 2.05) is 60.3 Å². The molecule has 0 fully saturated rings. The van der Waals surface area contributed by atoms with Crippen molar-refractivity contribution in [2.24, 2.45) is 0 Å². The lowest BCUT2D eigenvalue weighted by Crippen LogP contribution is -1.97. The number of fused-ring (bicyclic) bond motifs is 3. The van der Waals surface area contributed by atoms with Crippen molar-refractivity contribution >= 4 is 21.8 Å². The quantitative estimate of drug-likeness (QED) is 0.574. The van der Waals surface area contributed by atoms with Gasteiger partial charge in [-0.25, -0.2) is 9.67 Å². The predicted molar refractivity (Wildman–Crippen MR) is 94.2 cm³/mol. The Balaban J connectivity index is 2.07. The highest BCUT2D eigenvalue weighted by atomic mass is 16.5. The van der Waals surface area contributed by atoms with E-state index in [0.29, 0.717) is 11.5 Å². The molecule has 0 N–H and O–H groups in total. The molecule has 0 atom stereocenters. The minimum Gasteiger partial charge on any atom is -0.493 e. The Labute approximate surface area is 139 Å². The largest absolute Gasteiger partial charge is 0.493 e. The molecule has 24 heavy (non-hydrogen) atoms. The molecular formula is C19H17N3O2. The van der Waals surface area contributed by atoms with Crippen LogP contribution in [-0.4, -0.2) is 29.0 Å². The molecule has 0 radical (unpaired) electrons. The second-order valence-corrected chi connectivity index (χ2v) is 5.58. The average molecular weight is 319 g/mol. The van der Waals surface area contributed by atoms with Crippen molar-refractivity contribution < 1.29 is 9.47 Å². The highest BCUT2D eigenvalue weighted by Gasteiger charge is 2.16. The Morgan fingerprint density at radius 1 is 0.958 bits per heavy atom. The molecule has 0 amide bonds. The molecule has 0 saturated carbocycles. The molecule has 5 nitrogen and oxygen atoms in total. The maximum Gasteiger partial charge on any atom is 0.163 e. The van der Waals surface area contributed by atoms with Crippen molar-refractivity contribution in [3.05, 3.63) is 54.4 Å². The summed E-state index contributed by atoms with van der Waals surface area (Å²) in [7, 11) is 3.27. The zero-order chi connectivity index (χ0) is 16.7. The smallest absolute Gasteiger partial charge is 0.163 e. The Kier molecular flexibility index (Phi) is 3.34. The van der Waals surface area contributed by atoms with Gasteiger partial charge in [0.2, 0.25) is 0 Å². The molecule has 4 aromatic rings. The third-order valence-electron chi connectivity index (χ3n) is 4.19. The summed E-state index contributed by atoms with van der Waals surface area (Å²) in [5.41, 5.74) is 2.75. The fourth-order valence-electron chi connectivity index (χ4n) is 3.05. The van der Waals surface area contributed by atoms with Gasteiger partial charge in [-0.2, -0.15) is 5.10 Å². The van der Waals surface area contributed by atoms with E-state index >= 15 is 0 Å². The summed E-state index contributed by atoms with van der Waals surface area (Å²) < 4.78 is 12.7. The number of benzene rings is 2. The lowest BCUT2D eigenvalue weighted by Gasteiger charge is -2.10. The lowest BCUT2D eigenvalue weighted by molar-refractivity contribution is 0.356. The number of nitrogens with zero attached hydrogens (tertiary/aromatic N) is 3. The number of methoxy groups -OCH3 is 2. The van der Waals surface area contributed by atoms with Gasteiger partial charge in [0.15, 0.2) is 17.1 Å². The number of hydrogen-bond acceptors (Lipinski definition) is 4. The van der Waals surface area contributed by atoms with E-state index in [1.165, 1.54) is 0 Å². The summed E-state index contributed by atoms with van der Waals surface area (Å²) in [6, 6.07) is 13.9. The van der Waals surface area contributed by atoms with E-state index in [9.17, 15) is 0 Å². The van der Waals surface area contributed by atoms with Crippen molar-refractivity contribution in [1.82, 2.24) is 14.8 Å². The third-order valence-corrected chi connectivity index (χ3v) is 4.19. The molecule has 0 unspecified atom stereocenters. The minimum absolute atomic E-state index is 0.694. The van der Waals surface area contributed by atoms with Crippen LogP contribution in [-0.2, 0) is 0 Å². The maximum atomic E-state index is 5.45. The molecule has 0 aliphatic heterocycles. The molecule has 0 spiro atoms. The van der Waals surface area contributed by atoms with Crippen LogP contribution in [0.15, 0.2) is 48.7 Å². The van der Waals surface area contributed by atoms with Gasteiger partial charge in [-0.15, -0.1) is 0 Å². The number of aromatic nitrogens is 3. The molecule has 5 heteroatoms. The van der Waals surface area contributed by atoms with Gasteiger partial charge in [0.25, 0.3) is 0 Å². The van der Waals surface area contributed by atoms with Crippen LogP contribution in [0.2, 0.25) is 0 Å². The highest BCUT2D eigenvalue weighted by Crippen LogP contribution is 2.36. The van der Waals surface area contributed by atoms with Gasteiger partial charge in [0.05, 0.1) is 31.0 Å². The first-order chi connectivity index (χ1) is 11.7. The van der Waals surface area contributed by atoms with Gasteiger partial charge in [-0.3, -0.25) is 0 Å². The molecule has 0 saturated heterocycles. The second kappa shape index (κ2) is 5.53. The van der Waals surface area contributed by atoms with E-state index in [-0.39, 0.29) is 0 Å². The van der Waals surface area contributed by atoms with Crippen LogP contribution in [0.3, 0.4) is 0 Å². The van der Waals surface area contributed by atoms with Crippen molar-refractivity contribution in [2.45, 2.75) is 6.92 Å². The first-order valence-corrected chi connectivity index (χ1v) is 7.68. The van der Waals surface area contributed by atoms with E-state index in [1.54, 1.807) is 14.2 Å². The van der Waals surface area contributed by atoms with E-state index in [4.69, 9.17) is 14.6 Å². The van der Waals surface area contributed by atoms with Gasteiger partial charge >= 0.3 is 0 Å². The minimum atomic E-state index is 0.694. The fourth-order valence-corrected chi connectivity index (χ4v) is 3.05. The van der Waals surface area contributed by atoms with Gasteiger partial charge in [0.1, 0.15) is 0 Å². The molecule has 2 heterocycles. The van der Waals surface area contributed by atoms with Crippen LogP contribution in [0.4, 0.5) is 0 Å².